The molecule has 2 N–H and O–H groups in total. The second-order valence-corrected chi connectivity index (χ2v) is 9.85. The summed E-state index contributed by atoms with van der Waals surface area (Å²) in [5.41, 5.74) is 2.79. The molecule has 0 atom stereocenters. The maximum Gasteiger partial charge on any atom is 0.257 e. The van der Waals surface area contributed by atoms with E-state index in [1.165, 1.54) is 0 Å². The maximum atomic E-state index is 13.0. The minimum atomic E-state index is -0.278. The number of carbonyl (C=O) groups is 2. The summed E-state index contributed by atoms with van der Waals surface area (Å²) in [5.74, 6) is 0.146. The molecule has 4 rings (SSSR count). The number of rotatable bonds is 5. The molecular formula is C26H24BrClN4O3S. The fraction of sp³-hybridized carbons (Fsp3) is 0.192. The summed E-state index contributed by atoms with van der Waals surface area (Å²) >= 11 is 14.7. The highest BCUT2D eigenvalue weighted by molar-refractivity contribution is 9.10. The fourth-order valence-corrected chi connectivity index (χ4v) is 4.53. The van der Waals surface area contributed by atoms with Gasteiger partial charge >= 0.3 is 0 Å². The van der Waals surface area contributed by atoms with Gasteiger partial charge in [0, 0.05) is 52.6 Å². The van der Waals surface area contributed by atoms with Crippen molar-refractivity contribution >= 4 is 68.1 Å². The molecule has 0 unspecified atom stereocenters. The lowest BCUT2D eigenvalue weighted by Crippen LogP contribution is -2.48. The monoisotopic (exact) mass is 586 g/mol. The van der Waals surface area contributed by atoms with Crippen LogP contribution in [0.25, 0.3) is 0 Å². The molecule has 0 bridgehead atoms. The molecule has 0 aliphatic carbocycles. The van der Waals surface area contributed by atoms with Crippen molar-refractivity contribution in [1.82, 2.24) is 10.2 Å². The van der Waals surface area contributed by atoms with E-state index in [2.05, 4.69) is 31.5 Å². The van der Waals surface area contributed by atoms with Gasteiger partial charge in [-0.15, -0.1) is 0 Å². The van der Waals surface area contributed by atoms with E-state index >= 15 is 0 Å². The maximum absolute atomic E-state index is 13.0. The fourth-order valence-electron chi connectivity index (χ4n) is 3.88. The second-order valence-electron chi connectivity index (χ2n) is 8.09. The number of thiocarbonyl (C=S) groups is 1. The highest BCUT2D eigenvalue weighted by Crippen LogP contribution is 2.25. The Balaban J connectivity index is 1.30. The van der Waals surface area contributed by atoms with Crippen molar-refractivity contribution in [3.63, 3.8) is 0 Å². The van der Waals surface area contributed by atoms with Crippen LogP contribution in [0, 0.1) is 0 Å². The van der Waals surface area contributed by atoms with Crippen LogP contribution in [0.2, 0.25) is 5.02 Å². The van der Waals surface area contributed by atoms with Gasteiger partial charge in [-0.05, 0) is 78.9 Å². The molecule has 1 aliphatic heterocycles. The van der Waals surface area contributed by atoms with Crippen molar-refractivity contribution in [3.8, 4) is 5.75 Å². The third-order valence-electron chi connectivity index (χ3n) is 5.78. The van der Waals surface area contributed by atoms with Crippen molar-refractivity contribution in [2.24, 2.45) is 0 Å². The molecule has 0 saturated carbocycles. The molecular weight excluding hydrogens is 564 g/mol. The molecule has 0 radical (unpaired) electrons. The number of amides is 2. The second kappa shape index (κ2) is 11.7. The zero-order valence-corrected chi connectivity index (χ0v) is 22.6. The topological polar surface area (TPSA) is 73.9 Å². The molecule has 36 heavy (non-hydrogen) atoms. The lowest BCUT2D eigenvalue weighted by Gasteiger charge is -2.36. The zero-order valence-electron chi connectivity index (χ0n) is 19.5. The molecule has 1 heterocycles. The number of hydrogen-bond donors (Lipinski definition) is 2. The van der Waals surface area contributed by atoms with Crippen LogP contribution in [0.15, 0.2) is 71.2 Å². The highest BCUT2D eigenvalue weighted by atomic mass is 79.9. The smallest absolute Gasteiger partial charge is 0.257 e. The predicted molar refractivity (Wildman–Crippen MR) is 150 cm³/mol. The molecule has 0 aromatic heterocycles. The molecule has 1 saturated heterocycles. The third kappa shape index (κ3) is 6.34. The van der Waals surface area contributed by atoms with Crippen molar-refractivity contribution in [1.29, 1.82) is 0 Å². The van der Waals surface area contributed by atoms with Gasteiger partial charge in [-0.25, -0.2) is 0 Å². The largest absolute Gasteiger partial charge is 0.496 e. The van der Waals surface area contributed by atoms with Crippen LogP contribution in [0.3, 0.4) is 0 Å². The Morgan fingerprint density at radius 2 is 1.64 bits per heavy atom. The van der Waals surface area contributed by atoms with Gasteiger partial charge in [0.2, 0.25) is 0 Å². The Hall–Kier alpha value is -3.14. The summed E-state index contributed by atoms with van der Waals surface area (Å²) in [6.07, 6.45) is 0. The van der Waals surface area contributed by atoms with Crippen LogP contribution in [0.1, 0.15) is 20.7 Å². The van der Waals surface area contributed by atoms with Crippen LogP contribution in [-0.2, 0) is 0 Å². The molecule has 3 aromatic carbocycles. The number of methoxy groups -OCH3 is 1. The first-order valence-electron chi connectivity index (χ1n) is 11.2. The molecule has 0 spiro atoms. The molecule has 3 aromatic rings. The number of anilines is 2. The lowest BCUT2D eigenvalue weighted by atomic mass is 10.1. The summed E-state index contributed by atoms with van der Waals surface area (Å²) in [4.78, 5) is 29.4. The van der Waals surface area contributed by atoms with E-state index in [1.807, 2.05) is 29.2 Å². The van der Waals surface area contributed by atoms with E-state index in [0.29, 0.717) is 48.1 Å². The van der Waals surface area contributed by atoms with Gasteiger partial charge in [-0.2, -0.15) is 0 Å². The first-order chi connectivity index (χ1) is 17.3. The zero-order chi connectivity index (χ0) is 25.7. The number of ether oxygens (including phenoxy) is 1. The Morgan fingerprint density at radius 3 is 2.28 bits per heavy atom. The number of hydrogen-bond acceptors (Lipinski definition) is 5. The van der Waals surface area contributed by atoms with Gasteiger partial charge < -0.3 is 19.9 Å². The van der Waals surface area contributed by atoms with Gasteiger partial charge in [0.15, 0.2) is 5.11 Å². The molecule has 2 amide bonds. The Kier molecular flexibility index (Phi) is 8.45. The Morgan fingerprint density at radius 1 is 0.972 bits per heavy atom. The molecule has 1 fully saturated rings. The quantitative estimate of drug-likeness (QED) is 0.400. The Bertz CT molecular complexity index is 1260. The summed E-state index contributed by atoms with van der Waals surface area (Å²) in [5, 5.41) is 6.44. The summed E-state index contributed by atoms with van der Waals surface area (Å²) in [7, 11) is 1.54. The third-order valence-corrected chi connectivity index (χ3v) is 6.75. The lowest BCUT2D eigenvalue weighted by molar-refractivity contribution is 0.0743. The number of halogens is 2. The van der Waals surface area contributed by atoms with Gasteiger partial charge in [-0.3, -0.25) is 14.9 Å². The van der Waals surface area contributed by atoms with Gasteiger partial charge in [0.25, 0.3) is 11.8 Å². The normalized spacial score (nSPS) is 13.2. The van der Waals surface area contributed by atoms with E-state index < -0.39 is 0 Å². The molecule has 10 heteroatoms. The average Bonchev–Trinajstić information content (AvgIpc) is 2.89. The standard InChI is InChI=1S/C26H24BrClN4O3S/c1-35-23-11-6-19(28)16-22(23)25(34)32-14-12-31(13-15-32)21-9-7-20(8-10-21)29-26(36)30-24(33)17-2-4-18(27)5-3-17/h2-11,16H,12-15H2,1H3,(H2,29,30,33,36). The van der Waals surface area contributed by atoms with Crippen LogP contribution < -0.4 is 20.3 Å². The van der Waals surface area contributed by atoms with E-state index in [4.69, 9.17) is 28.6 Å². The first kappa shape index (κ1) is 25.9. The number of nitrogens with zero attached hydrogens (tertiary/aromatic N) is 2. The van der Waals surface area contributed by atoms with Crippen LogP contribution in [-0.4, -0.2) is 55.1 Å². The SMILES string of the molecule is COc1ccc(Cl)cc1C(=O)N1CCN(c2ccc(NC(=S)NC(=O)c3ccc(Br)cc3)cc2)CC1. The van der Waals surface area contributed by atoms with Crippen molar-refractivity contribution < 1.29 is 14.3 Å². The number of carbonyl (C=O) groups excluding carboxylic acids is 2. The van der Waals surface area contributed by atoms with Gasteiger partial charge in [0.05, 0.1) is 12.7 Å². The molecule has 7 nitrogen and oxygen atoms in total. The van der Waals surface area contributed by atoms with E-state index in [-0.39, 0.29) is 16.9 Å². The van der Waals surface area contributed by atoms with Crippen LogP contribution in [0.5, 0.6) is 5.75 Å². The van der Waals surface area contributed by atoms with Crippen LogP contribution in [0.4, 0.5) is 11.4 Å². The molecule has 1 aliphatic rings. The van der Waals surface area contributed by atoms with Crippen LogP contribution >= 0.6 is 39.7 Å². The number of nitrogens with one attached hydrogen (secondary N) is 2. The van der Waals surface area contributed by atoms with Crippen molar-refractivity contribution in [2.75, 3.05) is 43.5 Å². The highest BCUT2D eigenvalue weighted by Gasteiger charge is 2.24. The summed E-state index contributed by atoms with van der Waals surface area (Å²) in [6, 6.07) is 19.9. The number of piperazine rings is 1. The number of benzene rings is 3. The summed E-state index contributed by atoms with van der Waals surface area (Å²) < 4.78 is 6.23. The van der Waals surface area contributed by atoms with Gasteiger partial charge in [-0.1, -0.05) is 27.5 Å². The first-order valence-corrected chi connectivity index (χ1v) is 12.8. The predicted octanol–water partition coefficient (Wildman–Crippen LogP) is 5.20. The van der Waals surface area contributed by atoms with E-state index in [9.17, 15) is 9.59 Å². The van der Waals surface area contributed by atoms with Crippen molar-refractivity contribution in [2.45, 2.75) is 0 Å². The molecule has 186 valence electrons. The van der Waals surface area contributed by atoms with Crippen molar-refractivity contribution in [3.05, 3.63) is 87.4 Å². The minimum absolute atomic E-state index is 0.0905. The summed E-state index contributed by atoms with van der Waals surface area (Å²) in [6.45, 7) is 2.56. The van der Waals surface area contributed by atoms with Gasteiger partial charge in [0.1, 0.15) is 5.75 Å². The van der Waals surface area contributed by atoms with E-state index in [1.54, 1.807) is 49.6 Å². The average molecular weight is 588 g/mol. The van der Waals surface area contributed by atoms with E-state index in [0.717, 1.165) is 15.8 Å². The minimum Gasteiger partial charge on any atom is -0.496 e. The Labute approximate surface area is 228 Å².